The molecule has 0 amide bonds. The zero-order chi connectivity index (χ0) is 12.8. The third-order valence-corrected chi connectivity index (χ3v) is 3.10. The van der Waals surface area contributed by atoms with Crippen molar-refractivity contribution in [2.45, 2.75) is 26.3 Å². The van der Waals surface area contributed by atoms with Crippen LogP contribution in [0.5, 0.6) is 0 Å². The maximum atomic E-state index is 4.39. The molecular formula is C16H20N2. The maximum Gasteiger partial charge on any atom is 0.0541 e. The summed E-state index contributed by atoms with van der Waals surface area (Å²) in [5.41, 5.74) is 3.68. The van der Waals surface area contributed by atoms with E-state index in [0.29, 0.717) is 5.92 Å². The molecule has 0 radical (unpaired) electrons. The van der Waals surface area contributed by atoms with Gasteiger partial charge in [0, 0.05) is 19.3 Å². The summed E-state index contributed by atoms with van der Waals surface area (Å²) in [5.74, 6) is 0.525. The normalized spacial score (nSPS) is 12.3. The molecule has 0 bridgehead atoms. The summed E-state index contributed by atoms with van der Waals surface area (Å²) in [6.07, 6.45) is 1.91. The van der Waals surface area contributed by atoms with Crippen molar-refractivity contribution >= 4 is 0 Å². The maximum absolute atomic E-state index is 4.39. The summed E-state index contributed by atoms with van der Waals surface area (Å²) in [6.45, 7) is 6.10. The first kappa shape index (κ1) is 12.8. The molecular weight excluding hydrogens is 220 g/mol. The van der Waals surface area contributed by atoms with E-state index in [-0.39, 0.29) is 0 Å². The molecule has 2 rings (SSSR count). The topological polar surface area (TPSA) is 24.9 Å². The molecule has 1 unspecified atom stereocenters. The Labute approximate surface area is 109 Å². The van der Waals surface area contributed by atoms with Crippen LogP contribution in [0.2, 0.25) is 0 Å². The summed E-state index contributed by atoms with van der Waals surface area (Å²) >= 11 is 0. The number of hydrogen-bond acceptors (Lipinski definition) is 2. The van der Waals surface area contributed by atoms with Gasteiger partial charge in [-0.2, -0.15) is 0 Å². The quantitative estimate of drug-likeness (QED) is 0.867. The van der Waals surface area contributed by atoms with Gasteiger partial charge in [0.15, 0.2) is 0 Å². The summed E-state index contributed by atoms with van der Waals surface area (Å²) in [4.78, 5) is 4.39. The van der Waals surface area contributed by atoms with E-state index in [4.69, 9.17) is 0 Å². The van der Waals surface area contributed by atoms with E-state index in [1.54, 1.807) is 0 Å². The van der Waals surface area contributed by atoms with Crippen molar-refractivity contribution in [1.29, 1.82) is 0 Å². The van der Waals surface area contributed by atoms with Gasteiger partial charge in [0.1, 0.15) is 0 Å². The Morgan fingerprint density at radius 3 is 2.56 bits per heavy atom. The number of aromatic nitrogens is 1. The SMILES string of the molecule is Cc1ccc(CNCC(C)c2ccccc2)nc1. The Kier molecular flexibility index (Phi) is 4.48. The van der Waals surface area contributed by atoms with Crippen molar-refractivity contribution in [3.05, 3.63) is 65.5 Å². The monoisotopic (exact) mass is 240 g/mol. The van der Waals surface area contributed by atoms with E-state index in [9.17, 15) is 0 Å². The van der Waals surface area contributed by atoms with E-state index >= 15 is 0 Å². The molecule has 0 spiro atoms. The molecule has 0 aliphatic heterocycles. The molecule has 0 fully saturated rings. The van der Waals surface area contributed by atoms with Gasteiger partial charge in [0.25, 0.3) is 0 Å². The molecule has 1 aromatic carbocycles. The van der Waals surface area contributed by atoms with Gasteiger partial charge in [0.2, 0.25) is 0 Å². The highest BCUT2D eigenvalue weighted by molar-refractivity contribution is 5.19. The molecule has 0 saturated heterocycles. The second-order valence-corrected chi connectivity index (χ2v) is 4.77. The third kappa shape index (κ3) is 3.67. The molecule has 0 aliphatic rings. The van der Waals surface area contributed by atoms with E-state index in [1.165, 1.54) is 11.1 Å². The minimum Gasteiger partial charge on any atom is -0.311 e. The Morgan fingerprint density at radius 2 is 1.89 bits per heavy atom. The molecule has 0 aliphatic carbocycles. The Hall–Kier alpha value is -1.67. The van der Waals surface area contributed by atoms with Crippen molar-refractivity contribution in [2.24, 2.45) is 0 Å². The number of pyridine rings is 1. The van der Waals surface area contributed by atoms with Gasteiger partial charge in [-0.1, -0.05) is 43.3 Å². The Bertz CT molecular complexity index is 462. The van der Waals surface area contributed by atoms with Crippen molar-refractivity contribution in [1.82, 2.24) is 10.3 Å². The lowest BCUT2D eigenvalue weighted by Gasteiger charge is -2.12. The fourth-order valence-electron chi connectivity index (χ4n) is 1.92. The first-order chi connectivity index (χ1) is 8.75. The molecule has 0 saturated carbocycles. The van der Waals surface area contributed by atoms with Crippen LogP contribution in [0.25, 0.3) is 0 Å². The second kappa shape index (κ2) is 6.31. The minimum absolute atomic E-state index is 0.525. The van der Waals surface area contributed by atoms with Gasteiger partial charge in [0.05, 0.1) is 5.69 Å². The average molecular weight is 240 g/mol. The van der Waals surface area contributed by atoms with Gasteiger partial charge in [-0.05, 0) is 30.0 Å². The predicted molar refractivity (Wildman–Crippen MR) is 75.5 cm³/mol. The fraction of sp³-hybridized carbons (Fsp3) is 0.312. The molecule has 2 heteroatoms. The van der Waals surface area contributed by atoms with Crippen LogP contribution < -0.4 is 5.32 Å². The van der Waals surface area contributed by atoms with Gasteiger partial charge < -0.3 is 5.32 Å². The first-order valence-electron chi connectivity index (χ1n) is 6.43. The van der Waals surface area contributed by atoms with Crippen LogP contribution in [0.1, 0.15) is 29.7 Å². The smallest absolute Gasteiger partial charge is 0.0541 e. The van der Waals surface area contributed by atoms with Crippen molar-refractivity contribution in [3.8, 4) is 0 Å². The molecule has 2 aromatic rings. The highest BCUT2D eigenvalue weighted by Gasteiger charge is 2.04. The van der Waals surface area contributed by atoms with E-state index in [2.05, 4.69) is 66.6 Å². The molecule has 2 nitrogen and oxygen atoms in total. The molecule has 1 aromatic heterocycles. The minimum atomic E-state index is 0.525. The third-order valence-electron chi connectivity index (χ3n) is 3.10. The van der Waals surface area contributed by atoms with Crippen LogP contribution in [0.4, 0.5) is 0 Å². The number of nitrogens with zero attached hydrogens (tertiary/aromatic N) is 1. The first-order valence-corrected chi connectivity index (χ1v) is 6.43. The van der Waals surface area contributed by atoms with E-state index in [1.807, 2.05) is 6.20 Å². The van der Waals surface area contributed by atoms with Crippen molar-refractivity contribution in [2.75, 3.05) is 6.54 Å². The Balaban J connectivity index is 1.80. The standard InChI is InChI=1S/C16H20N2/c1-13-8-9-16(18-10-13)12-17-11-14(2)15-6-4-3-5-7-15/h3-10,14,17H,11-12H2,1-2H3. The van der Waals surface area contributed by atoms with Gasteiger partial charge in [-0.25, -0.2) is 0 Å². The number of hydrogen-bond donors (Lipinski definition) is 1. The second-order valence-electron chi connectivity index (χ2n) is 4.77. The van der Waals surface area contributed by atoms with E-state index < -0.39 is 0 Å². The van der Waals surface area contributed by atoms with E-state index in [0.717, 1.165) is 18.8 Å². The summed E-state index contributed by atoms with van der Waals surface area (Å²) in [6, 6.07) is 14.8. The zero-order valence-electron chi connectivity index (χ0n) is 11.1. The van der Waals surface area contributed by atoms with Crippen LogP contribution in [0, 0.1) is 6.92 Å². The lowest BCUT2D eigenvalue weighted by molar-refractivity contribution is 0.608. The van der Waals surface area contributed by atoms with Crippen LogP contribution in [-0.2, 0) is 6.54 Å². The van der Waals surface area contributed by atoms with Crippen molar-refractivity contribution < 1.29 is 0 Å². The Morgan fingerprint density at radius 1 is 1.11 bits per heavy atom. The van der Waals surface area contributed by atoms with Gasteiger partial charge in [-0.15, -0.1) is 0 Å². The summed E-state index contributed by atoms with van der Waals surface area (Å²) < 4.78 is 0. The molecule has 18 heavy (non-hydrogen) atoms. The zero-order valence-corrected chi connectivity index (χ0v) is 11.1. The number of nitrogens with one attached hydrogen (secondary N) is 1. The average Bonchev–Trinajstić information content (AvgIpc) is 2.42. The number of rotatable bonds is 5. The molecule has 1 N–H and O–H groups in total. The molecule has 1 atom stereocenters. The highest BCUT2D eigenvalue weighted by Crippen LogP contribution is 2.13. The molecule has 94 valence electrons. The van der Waals surface area contributed by atoms with Gasteiger partial charge >= 0.3 is 0 Å². The van der Waals surface area contributed by atoms with Crippen LogP contribution >= 0.6 is 0 Å². The highest BCUT2D eigenvalue weighted by atomic mass is 14.9. The lowest BCUT2D eigenvalue weighted by atomic mass is 10.0. The number of benzene rings is 1. The fourth-order valence-corrected chi connectivity index (χ4v) is 1.92. The summed E-state index contributed by atoms with van der Waals surface area (Å²) in [7, 11) is 0. The lowest BCUT2D eigenvalue weighted by Crippen LogP contribution is -2.20. The van der Waals surface area contributed by atoms with Gasteiger partial charge in [-0.3, -0.25) is 4.98 Å². The largest absolute Gasteiger partial charge is 0.311 e. The van der Waals surface area contributed by atoms with Crippen LogP contribution in [-0.4, -0.2) is 11.5 Å². The van der Waals surface area contributed by atoms with Crippen LogP contribution in [0.3, 0.4) is 0 Å². The van der Waals surface area contributed by atoms with Crippen LogP contribution in [0.15, 0.2) is 48.7 Å². The number of aryl methyl sites for hydroxylation is 1. The molecule has 1 heterocycles. The summed E-state index contributed by atoms with van der Waals surface area (Å²) in [5, 5.41) is 3.46. The van der Waals surface area contributed by atoms with Crippen molar-refractivity contribution in [3.63, 3.8) is 0 Å². The predicted octanol–water partition coefficient (Wildman–Crippen LogP) is 3.28.